The molecule has 0 amide bonds. The number of fused-ring (bicyclic) bond motifs is 1. The van der Waals surface area contributed by atoms with Crippen molar-refractivity contribution in [3.63, 3.8) is 0 Å². The van der Waals surface area contributed by atoms with Gasteiger partial charge in [0.05, 0.1) is 11.9 Å². The minimum atomic E-state index is -0.174. The second kappa shape index (κ2) is 6.04. The lowest BCUT2D eigenvalue weighted by Crippen LogP contribution is -2.25. The number of rotatable bonds is 4. The van der Waals surface area contributed by atoms with Crippen LogP contribution in [0.1, 0.15) is 5.82 Å². The first-order valence-electron chi connectivity index (χ1n) is 7.52. The summed E-state index contributed by atoms with van der Waals surface area (Å²) in [5.41, 5.74) is 1.27. The van der Waals surface area contributed by atoms with Gasteiger partial charge in [0.2, 0.25) is 0 Å². The lowest BCUT2D eigenvalue weighted by Gasteiger charge is -2.02. The molecule has 0 saturated carbocycles. The van der Waals surface area contributed by atoms with Crippen molar-refractivity contribution in [3.8, 4) is 11.5 Å². The molecule has 0 unspecified atom stereocenters. The van der Waals surface area contributed by atoms with Crippen molar-refractivity contribution in [2.75, 3.05) is 0 Å². The fourth-order valence-electron chi connectivity index (χ4n) is 2.43. The highest BCUT2D eigenvalue weighted by molar-refractivity contribution is 5.76. The molecular formula is C17H13N5O2. The smallest absolute Gasteiger partial charge is 0.277 e. The Kier molecular flexibility index (Phi) is 3.59. The molecule has 2 aromatic carbocycles. The monoisotopic (exact) mass is 319 g/mol. The molecule has 0 aliphatic carbocycles. The average molecular weight is 319 g/mol. The summed E-state index contributed by atoms with van der Waals surface area (Å²) < 4.78 is 6.58. The van der Waals surface area contributed by atoms with E-state index in [1.807, 2.05) is 36.4 Å². The van der Waals surface area contributed by atoms with Crippen LogP contribution in [0.4, 0.5) is 0 Å². The molecule has 0 fully saturated rings. The normalized spacial score (nSPS) is 11.0. The van der Waals surface area contributed by atoms with E-state index in [1.54, 1.807) is 18.2 Å². The lowest BCUT2D eigenvalue weighted by atomic mass is 10.2. The first-order valence-corrected chi connectivity index (χ1v) is 7.52. The molecule has 2 aromatic heterocycles. The van der Waals surface area contributed by atoms with Crippen LogP contribution in [-0.2, 0) is 13.0 Å². The van der Waals surface area contributed by atoms with Gasteiger partial charge in [0, 0.05) is 12.0 Å². The van der Waals surface area contributed by atoms with E-state index in [0.29, 0.717) is 35.6 Å². The van der Waals surface area contributed by atoms with Crippen molar-refractivity contribution >= 4 is 10.9 Å². The molecule has 2 heterocycles. The van der Waals surface area contributed by atoms with Crippen molar-refractivity contribution in [2.24, 2.45) is 0 Å². The third kappa shape index (κ3) is 2.67. The molecule has 0 spiro atoms. The van der Waals surface area contributed by atoms with E-state index in [9.17, 15) is 4.79 Å². The molecule has 118 valence electrons. The molecule has 7 heteroatoms. The topological polar surface area (TPSA) is 86.7 Å². The second-order valence-electron chi connectivity index (χ2n) is 5.27. The van der Waals surface area contributed by atoms with Gasteiger partial charge < -0.3 is 4.52 Å². The Morgan fingerprint density at radius 1 is 1.00 bits per heavy atom. The van der Waals surface area contributed by atoms with Crippen LogP contribution in [0.3, 0.4) is 0 Å². The zero-order valence-corrected chi connectivity index (χ0v) is 12.7. The van der Waals surface area contributed by atoms with Crippen LogP contribution in [0.15, 0.2) is 63.9 Å². The summed E-state index contributed by atoms with van der Waals surface area (Å²) in [5, 5.41) is 12.5. The fourth-order valence-corrected chi connectivity index (χ4v) is 2.43. The van der Waals surface area contributed by atoms with Gasteiger partial charge in [-0.1, -0.05) is 40.7 Å². The van der Waals surface area contributed by atoms with E-state index < -0.39 is 0 Å². The van der Waals surface area contributed by atoms with Crippen LogP contribution in [0.25, 0.3) is 22.4 Å². The van der Waals surface area contributed by atoms with Gasteiger partial charge in [0.25, 0.3) is 11.4 Å². The number of hydrogen-bond acceptors (Lipinski definition) is 6. The summed E-state index contributed by atoms with van der Waals surface area (Å²) in [6.07, 6.45) is 0.434. The molecule has 7 nitrogen and oxygen atoms in total. The van der Waals surface area contributed by atoms with Crippen LogP contribution < -0.4 is 5.56 Å². The first kappa shape index (κ1) is 14.3. The highest BCUT2D eigenvalue weighted by Gasteiger charge is 2.10. The number of aromatic nitrogens is 5. The molecule has 0 aliphatic rings. The third-order valence-electron chi connectivity index (χ3n) is 3.67. The Bertz CT molecular complexity index is 1040. The Hall–Kier alpha value is -3.35. The highest BCUT2D eigenvalue weighted by atomic mass is 16.5. The molecule has 0 saturated heterocycles. The summed E-state index contributed by atoms with van der Waals surface area (Å²) in [4.78, 5) is 16.7. The quantitative estimate of drug-likeness (QED) is 0.572. The van der Waals surface area contributed by atoms with Crippen LogP contribution in [0.2, 0.25) is 0 Å². The molecule has 0 N–H and O–H groups in total. The van der Waals surface area contributed by atoms with Gasteiger partial charge >= 0.3 is 0 Å². The summed E-state index contributed by atoms with van der Waals surface area (Å²) in [7, 11) is 0. The van der Waals surface area contributed by atoms with Gasteiger partial charge in [0.15, 0.2) is 5.82 Å². The van der Waals surface area contributed by atoms with Gasteiger partial charge in [-0.05, 0) is 24.3 Å². The zero-order chi connectivity index (χ0) is 16.4. The van der Waals surface area contributed by atoms with Gasteiger partial charge in [-0.2, -0.15) is 4.98 Å². The van der Waals surface area contributed by atoms with E-state index in [4.69, 9.17) is 4.52 Å². The number of benzene rings is 2. The molecule has 0 bridgehead atoms. The third-order valence-corrected chi connectivity index (χ3v) is 3.67. The minimum absolute atomic E-state index is 0.174. The van der Waals surface area contributed by atoms with Gasteiger partial charge in [-0.3, -0.25) is 4.79 Å². The zero-order valence-electron chi connectivity index (χ0n) is 12.7. The maximum atomic E-state index is 12.4. The van der Waals surface area contributed by atoms with Crippen LogP contribution in [-0.4, -0.2) is 25.1 Å². The molecule has 4 aromatic rings. The van der Waals surface area contributed by atoms with E-state index in [0.717, 1.165) is 5.56 Å². The van der Waals surface area contributed by atoms with Crippen molar-refractivity contribution < 1.29 is 4.52 Å². The van der Waals surface area contributed by atoms with Gasteiger partial charge in [0.1, 0.15) is 5.52 Å². The molecule has 4 rings (SSSR count). The van der Waals surface area contributed by atoms with Crippen molar-refractivity contribution in [3.05, 3.63) is 70.8 Å². The molecular weight excluding hydrogens is 306 g/mol. The highest BCUT2D eigenvalue weighted by Crippen LogP contribution is 2.16. The summed E-state index contributed by atoms with van der Waals surface area (Å²) in [6, 6.07) is 16.7. The van der Waals surface area contributed by atoms with Crippen LogP contribution in [0.5, 0.6) is 0 Å². The fraction of sp³-hybridized carbons (Fsp3) is 0.118. The number of aryl methyl sites for hydroxylation is 2. The van der Waals surface area contributed by atoms with Gasteiger partial charge in [-0.25, -0.2) is 4.68 Å². The van der Waals surface area contributed by atoms with Crippen LogP contribution in [0, 0.1) is 0 Å². The maximum absolute atomic E-state index is 12.4. The van der Waals surface area contributed by atoms with Gasteiger partial charge in [-0.15, -0.1) is 5.10 Å². The Morgan fingerprint density at radius 3 is 2.67 bits per heavy atom. The van der Waals surface area contributed by atoms with E-state index in [-0.39, 0.29) is 5.56 Å². The van der Waals surface area contributed by atoms with E-state index in [1.165, 1.54) is 4.68 Å². The molecule has 0 atom stereocenters. The van der Waals surface area contributed by atoms with Crippen LogP contribution >= 0.6 is 0 Å². The standard InChI is InChI=1S/C17H13N5O2/c23-17-13-8-4-5-9-14(13)19-21-22(17)11-10-15-18-16(24-20-15)12-6-2-1-3-7-12/h1-9H,10-11H2. The molecule has 24 heavy (non-hydrogen) atoms. The predicted octanol–water partition coefficient (Wildman–Crippen LogP) is 2.08. The molecule has 0 aliphatic heterocycles. The number of nitrogens with zero attached hydrogens (tertiary/aromatic N) is 5. The predicted molar refractivity (Wildman–Crippen MR) is 87.2 cm³/mol. The number of hydrogen-bond donors (Lipinski definition) is 0. The summed E-state index contributed by atoms with van der Waals surface area (Å²) >= 11 is 0. The Labute approximate surface area is 136 Å². The lowest BCUT2D eigenvalue weighted by molar-refractivity contribution is 0.418. The first-order chi connectivity index (χ1) is 11.8. The Balaban J connectivity index is 1.55. The Morgan fingerprint density at radius 2 is 1.79 bits per heavy atom. The molecule has 0 radical (unpaired) electrons. The van der Waals surface area contributed by atoms with E-state index in [2.05, 4.69) is 20.5 Å². The largest absolute Gasteiger partial charge is 0.334 e. The van der Waals surface area contributed by atoms with Crippen molar-refractivity contribution in [1.29, 1.82) is 0 Å². The maximum Gasteiger partial charge on any atom is 0.277 e. The SMILES string of the molecule is O=c1c2ccccc2nnn1CCc1noc(-c2ccccc2)n1. The van der Waals surface area contributed by atoms with Crippen molar-refractivity contribution in [1.82, 2.24) is 25.1 Å². The van der Waals surface area contributed by atoms with Crippen molar-refractivity contribution in [2.45, 2.75) is 13.0 Å². The second-order valence-corrected chi connectivity index (χ2v) is 5.27. The van der Waals surface area contributed by atoms with E-state index >= 15 is 0 Å². The average Bonchev–Trinajstić information content (AvgIpc) is 3.11. The minimum Gasteiger partial charge on any atom is -0.334 e. The summed E-state index contributed by atoms with van der Waals surface area (Å²) in [6.45, 7) is 0.338. The summed E-state index contributed by atoms with van der Waals surface area (Å²) in [5.74, 6) is 0.984.